The molecule has 3 N–H and O–H groups in total. The molecule has 1 amide bonds. The lowest BCUT2D eigenvalue weighted by molar-refractivity contribution is -0.121. The molecular weight excluding hydrogens is 214 g/mol. The molecule has 0 spiro atoms. The lowest BCUT2D eigenvalue weighted by Crippen LogP contribution is -2.42. The second-order valence-corrected chi connectivity index (χ2v) is 5.10. The summed E-state index contributed by atoms with van der Waals surface area (Å²) in [4.78, 5) is 13.6. The molecule has 100 valence electrons. The third-order valence-electron chi connectivity index (χ3n) is 3.96. The van der Waals surface area contributed by atoms with Gasteiger partial charge in [0.1, 0.15) is 0 Å². The molecule has 0 aromatic carbocycles. The van der Waals surface area contributed by atoms with E-state index in [9.17, 15) is 4.79 Å². The zero-order valence-electron chi connectivity index (χ0n) is 11.2. The van der Waals surface area contributed by atoms with Gasteiger partial charge in [-0.1, -0.05) is 19.3 Å². The average Bonchev–Trinajstić information content (AvgIpc) is 2.60. The summed E-state index contributed by atoms with van der Waals surface area (Å²) < 4.78 is 0. The van der Waals surface area contributed by atoms with Crippen LogP contribution in [-0.4, -0.2) is 44.0 Å². The van der Waals surface area contributed by atoms with Crippen molar-refractivity contribution in [3.63, 3.8) is 0 Å². The smallest absolute Gasteiger partial charge is 0.221 e. The molecular formula is C13H27N3O. The molecule has 0 aliphatic heterocycles. The van der Waals surface area contributed by atoms with Gasteiger partial charge in [-0.05, 0) is 32.4 Å². The van der Waals surface area contributed by atoms with Crippen molar-refractivity contribution in [2.45, 2.75) is 44.6 Å². The van der Waals surface area contributed by atoms with E-state index in [0.29, 0.717) is 18.4 Å². The molecule has 0 aromatic rings. The van der Waals surface area contributed by atoms with E-state index >= 15 is 0 Å². The molecule has 0 radical (unpaired) electrons. The van der Waals surface area contributed by atoms with Crippen LogP contribution in [0.15, 0.2) is 0 Å². The summed E-state index contributed by atoms with van der Waals surface area (Å²) in [5.41, 5.74) is 5.88. The highest BCUT2D eigenvalue weighted by Crippen LogP contribution is 2.26. The minimum Gasteiger partial charge on any atom is -0.359 e. The lowest BCUT2D eigenvalue weighted by Gasteiger charge is -2.32. The van der Waals surface area contributed by atoms with Crippen LogP contribution in [0.3, 0.4) is 0 Å². The van der Waals surface area contributed by atoms with Crippen molar-refractivity contribution in [1.29, 1.82) is 0 Å². The summed E-state index contributed by atoms with van der Waals surface area (Å²) in [6.07, 6.45) is 6.99. The van der Waals surface area contributed by atoms with Crippen molar-refractivity contribution in [2.24, 2.45) is 11.7 Å². The Morgan fingerprint density at radius 2 is 2.06 bits per heavy atom. The fourth-order valence-corrected chi connectivity index (χ4v) is 2.79. The Balaban J connectivity index is 2.45. The maximum Gasteiger partial charge on any atom is 0.221 e. The predicted octanol–water partition coefficient (Wildman–Crippen LogP) is 0.962. The van der Waals surface area contributed by atoms with E-state index in [1.165, 1.54) is 32.1 Å². The second kappa shape index (κ2) is 7.67. The maximum atomic E-state index is 11.3. The summed E-state index contributed by atoms with van der Waals surface area (Å²) in [5, 5.41) is 2.67. The Labute approximate surface area is 105 Å². The topological polar surface area (TPSA) is 58.4 Å². The number of hydrogen-bond acceptors (Lipinski definition) is 3. The van der Waals surface area contributed by atoms with Crippen molar-refractivity contribution in [1.82, 2.24) is 10.2 Å². The molecule has 4 heteroatoms. The predicted molar refractivity (Wildman–Crippen MR) is 70.7 cm³/mol. The summed E-state index contributed by atoms with van der Waals surface area (Å²) in [5.74, 6) is 0.724. The highest BCUT2D eigenvalue weighted by molar-refractivity contribution is 5.75. The molecule has 4 nitrogen and oxygen atoms in total. The summed E-state index contributed by atoms with van der Waals surface area (Å²) >= 11 is 0. The first-order chi connectivity index (χ1) is 8.19. The first kappa shape index (κ1) is 14.5. The fourth-order valence-electron chi connectivity index (χ4n) is 2.79. The van der Waals surface area contributed by atoms with E-state index in [1.54, 1.807) is 7.05 Å². The van der Waals surface area contributed by atoms with Crippen molar-refractivity contribution >= 4 is 5.91 Å². The van der Waals surface area contributed by atoms with Crippen LogP contribution >= 0.6 is 0 Å². The van der Waals surface area contributed by atoms with Crippen molar-refractivity contribution in [3.05, 3.63) is 0 Å². The van der Waals surface area contributed by atoms with Gasteiger partial charge in [0.15, 0.2) is 0 Å². The van der Waals surface area contributed by atoms with Gasteiger partial charge in [0.05, 0.1) is 0 Å². The molecule has 1 fully saturated rings. The van der Waals surface area contributed by atoms with E-state index in [-0.39, 0.29) is 5.91 Å². The summed E-state index contributed by atoms with van der Waals surface area (Å²) in [7, 11) is 3.82. The standard InChI is InChI=1S/C13H27N3O/c1-15-13(17)8-9-16(2)12-7-5-3-4-6-11(12)10-14/h11-12H,3-10,14H2,1-2H3,(H,15,17). The zero-order valence-corrected chi connectivity index (χ0v) is 11.2. The minimum atomic E-state index is 0.120. The number of amides is 1. The van der Waals surface area contributed by atoms with Crippen LogP contribution in [0.4, 0.5) is 0 Å². The van der Waals surface area contributed by atoms with Gasteiger partial charge in [0.25, 0.3) is 0 Å². The van der Waals surface area contributed by atoms with Crippen LogP contribution in [0.5, 0.6) is 0 Å². The summed E-state index contributed by atoms with van der Waals surface area (Å²) in [6, 6.07) is 0.562. The first-order valence-electron chi connectivity index (χ1n) is 6.80. The average molecular weight is 241 g/mol. The van der Waals surface area contributed by atoms with Gasteiger partial charge in [0, 0.05) is 26.1 Å². The van der Waals surface area contributed by atoms with Gasteiger partial charge in [-0.3, -0.25) is 4.79 Å². The Hall–Kier alpha value is -0.610. The largest absolute Gasteiger partial charge is 0.359 e. The molecule has 1 aliphatic carbocycles. The number of carbonyl (C=O) groups is 1. The van der Waals surface area contributed by atoms with Crippen LogP contribution in [0.2, 0.25) is 0 Å². The van der Waals surface area contributed by atoms with E-state index < -0.39 is 0 Å². The SMILES string of the molecule is CNC(=O)CCN(C)C1CCCCCC1CN. The highest BCUT2D eigenvalue weighted by Gasteiger charge is 2.25. The minimum absolute atomic E-state index is 0.120. The molecule has 0 saturated heterocycles. The van der Waals surface area contributed by atoms with Gasteiger partial charge >= 0.3 is 0 Å². The van der Waals surface area contributed by atoms with Crippen LogP contribution in [0, 0.1) is 5.92 Å². The third kappa shape index (κ3) is 4.64. The molecule has 1 aliphatic rings. The Bertz CT molecular complexity index is 233. The Kier molecular flexibility index (Phi) is 6.52. The molecule has 0 heterocycles. The third-order valence-corrected chi connectivity index (χ3v) is 3.96. The van der Waals surface area contributed by atoms with Gasteiger partial charge in [-0.2, -0.15) is 0 Å². The van der Waals surface area contributed by atoms with Gasteiger partial charge in [-0.15, -0.1) is 0 Å². The number of nitrogens with two attached hydrogens (primary N) is 1. The van der Waals surface area contributed by atoms with Crippen LogP contribution in [-0.2, 0) is 4.79 Å². The van der Waals surface area contributed by atoms with Crippen LogP contribution in [0.25, 0.3) is 0 Å². The van der Waals surface area contributed by atoms with E-state index in [1.807, 2.05) is 0 Å². The van der Waals surface area contributed by atoms with E-state index in [4.69, 9.17) is 5.73 Å². The Morgan fingerprint density at radius 3 is 2.71 bits per heavy atom. The molecule has 1 saturated carbocycles. The molecule has 2 unspecified atom stereocenters. The van der Waals surface area contributed by atoms with E-state index in [2.05, 4.69) is 17.3 Å². The van der Waals surface area contributed by atoms with Gasteiger partial charge < -0.3 is 16.0 Å². The van der Waals surface area contributed by atoms with Gasteiger partial charge in [-0.25, -0.2) is 0 Å². The number of nitrogens with one attached hydrogen (secondary N) is 1. The normalized spacial score (nSPS) is 25.6. The highest BCUT2D eigenvalue weighted by atomic mass is 16.1. The van der Waals surface area contributed by atoms with Crippen molar-refractivity contribution in [2.75, 3.05) is 27.2 Å². The second-order valence-electron chi connectivity index (χ2n) is 5.10. The van der Waals surface area contributed by atoms with Crippen LogP contribution in [0.1, 0.15) is 38.5 Å². The lowest BCUT2D eigenvalue weighted by atomic mass is 9.93. The summed E-state index contributed by atoms with van der Waals surface area (Å²) in [6.45, 7) is 1.61. The molecule has 2 atom stereocenters. The molecule has 1 rings (SSSR count). The first-order valence-corrected chi connectivity index (χ1v) is 6.80. The molecule has 0 aromatic heterocycles. The number of nitrogens with zero attached hydrogens (tertiary/aromatic N) is 1. The molecule has 17 heavy (non-hydrogen) atoms. The van der Waals surface area contributed by atoms with Crippen molar-refractivity contribution < 1.29 is 4.79 Å². The van der Waals surface area contributed by atoms with E-state index in [0.717, 1.165) is 13.1 Å². The van der Waals surface area contributed by atoms with Gasteiger partial charge in [0.2, 0.25) is 5.91 Å². The van der Waals surface area contributed by atoms with Crippen molar-refractivity contribution in [3.8, 4) is 0 Å². The fraction of sp³-hybridized carbons (Fsp3) is 0.923. The quantitative estimate of drug-likeness (QED) is 0.705. The number of rotatable bonds is 5. The Morgan fingerprint density at radius 1 is 1.35 bits per heavy atom. The number of hydrogen-bond donors (Lipinski definition) is 2. The molecule has 0 bridgehead atoms. The monoisotopic (exact) mass is 241 g/mol. The maximum absolute atomic E-state index is 11.3. The number of carbonyl (C=O) groups excluding carboxylic acids is 1. The van der Waals surface area contributed by atoms with Crippen LogP contribution < -0.4 is 11.1 Å². The zero-order chi connectivity index (χ0) is 12.7.